The molecule has 3 rings (SSSR count). The van der Waals surface area contributed by atoms with Gasteiger partial charge in [0.1, 0.15) is 0 Å². The zero-order chi connectivity index (χ0) is 18.2. The van der Waals surface area contributed by atoms with E-state index in [2.05, 4.69) is 13.8 Å². The fourth-order valence-electron chi connectivity index (χ4n) is 3.53. The normalized spacial score (nSPS) is 14.9. The van der Waals surface area contributed by atoms with E-state index in [9.17, 15) is 9.59 Å². The molecule has 0 bridgehead atoms. The first kappa shape index (κ1) is 17.6. The molecule has 3 heteroatoms. The van der Waals surface area contributed by atoms with Crippen LogP contribution in [0.4, 0.5) is 0 Å². The van der Waals surface area contributed by atoms with Gasteiger partial charge in [-0.15, -0.1) is 0 Å². The van der Waals surface area contributed by atoms with Gasteiger partial charge in [-0.05, 0) is 42.9 Å². The van der Waals surface area contributed by atoms with Gasteiger partial charge in [-0.1, -0.05) is 50.6 Å². The number of carbonyl (C=O) groups is 2. The van der Waals surface area contributed by atoms with Crippen molar-refractivity contribution >= 4 is 11.6 Å². The van der Waals surface area contributed by atoms with Crippen LogP contribution in [0, 0.1) is 0 Å². The average Bonchev–Trinajstić information content (AvgIpc) is 2.58. The van der Waals surface area contributed by atoms with Gasteiger partial charge in [0.2, 0.25) is 0 Å². The molecule has 0 radical (unpaired) electrons. The molecule has 1 aliphatic carbocycles. The van der Waals surface area contributed by atoms with E-state index in [1.807, 2.05) is 25.1 Å². The summed E-state index contributed by atoms with van der Waals surface area (Å²) in [7, 11) is 0. The largest absolute Gasteiger partial charge is 0.328 e. The highest BCUT2D eigenvalue weighted by molar-refractivity contribution is 6.28. The van der Waals surface area contributed by atoms with E-state index in [1.165, 1.54) is 0 Å². The summed E-state index contributed by atoms with van der Waals surface area (Å²) in [6.07, 6.45) is 3.02. The Labute approximate surface area is 149 Å². The molecule has 0 saturated carbocycles. The highest BCUT2D eigenvalue weighted by atomic mass is 16.1. The maximum Gasteiger partial charge on any atom is 0.194 e. The topological polar surface area (TPSA) is 60.2 Å². The third-order valence-corrected chi connectivity index (χ3v) is 5.17. The van der Waals surface area contributed by atoms with Crippen molar-refractivity contribution in [1.29, 1.82) is 0 Å². The lowest BCUT2D eigenvalue weighted by Crippen LogP contribution is -2.24. The van der Waals surface area contributed by atoms with Crippen LogP contribution < -0.4 is 5.73 Å². The van der Waals surface area contributed by atoms with Crippen LogP contribution >= 0.6 is 0 Å². The van der Waals surface area contributed by atoms with E-state index in [1.54, 1.807) is 24.3 Å². The number of fused-ring (bicyclic) bond motifs is 2. The third-order valence-electron chi connectivity index (χ3n) is 5.17. The molecule has 2 aromatic carbocycles. The Bertz CT molecular complexity index is 834. The molecule has 0 aliphatic heterocycles. The van der Waals surface area contributed by atoms with Gasteiger partial charge in [-0.3, -0.25) is 9.59 Å². The number of nitrogens with two attached hydrogens (primary N) is 1. The quantitative estimate of drug-likeness (QED) is 0.758. The first-order valence-corrected chi connectivity index (χ1v) is 8.90. The van der Waals surface area contributed by atoms with E-state index in [0.717, 1.165) is 24.8 Å². The van der Waals surface area contributed by atoms with Crippen molar-refractivity contribution in [2.24, 2.45) is 5.73 Å². The summed E-state index contributed by atoms with van der Waals surface area (Å²) in [5.41, 5.74) is 8.93. The monoisotopic (exact) mass is 335 g/mol. The lowest BCUT2D eigenvalue weighted by Gasteiger charge is -2.27. The van der Waals surface area contributed by atoms with Gasteiger partial charge in [-0.25, -0.2) is 0 Å². The van der Waals surface area contributed by atoms with Gasteiger partial charge in [-0.2, -0.15) is 0 Å². The number of benzene rings is 2. The molecular formula is C22H25NO2. The van der Waals surface area contributed by atoms with E-state index < -0.39 is 0 Å². The van der Waals surface area contributed by atoms with Crippen molar-refractivity contribution in [3.05, 3.63) is 70.3 Å². The lowest BCUT2D eigenvalue weighted by molar-refractivity contribution is 0.0979. The summed E-state index contributed by atoms with van der Waals surface area (Å²) < 4.78 is 0. The summed E-state index contributed by atoms with van der Waals surface area (Å²) in [5, 5.41) is 0. The van der Waals surface area contributed by atoms with Crippen LogP contribution in [0.1, 0.15) is 77.4 Å². The van der Waals surface area contributed by atoms with Crippen LogP contribution in [0.5, 0.6) is 0 Å². The van der Waals surface area contributed by atoms with E-state index in [0.29, 0.717) is 22.3 Å². The SMILES string of the molecule is CC(N)CCCC(C)(C)c1ccc2c(c1)C(=O)c1ccccc1C2=O. The zero-order valence-electron chi connectivity index (χ0n) is 15.1. The maximum absolute atomic E-state index is 12.9. The minimum Gasteiger partial charge on any atom is -0.328 e. The van der Waals surface area contributed by atoms with E-state index in [-0.39, 0.29) is 23.0 Å². The van der Waals surface area contributed by atoms with Gasteiger partial charge < -0.3 is 5.73 Å². The Balaban J connectivity index is 1.94. The molecule has 130 valence electrons. The van der Waals surface area contributed by atoms with E-state index >= 15 is 0 Å². The molecule has 0 heterocycles. The lowest BCUT2D eigenvalue weighted by atomic mass is 9.76. The first-order chi connectivity index (χ1) is 11.8. The van der Waals surface area contributed by atoms with Crippen molar-refractivity contribution < 1.29 is 9.59 Å². The molecule has 2 N–H and O–H groups in total. The highest BCUT2D eigenvalue weighted by Gasteiger charge is 2.31. The Morgan fingerprint density at radius 2 is 1.48 bits per heavy atom. The van der Waals surface area contributed by atoms with Crippen LogP contribution in [0.15, 0.2) is 42.5 Å². The third kappa shape index (κ3) is 3.29. The van der Waals surface area contributed by atoms with Gasteiger partial charge in [0, 0.05) is 28.3 Å². The molecule has 3 nitrogen and oxygen atoms in total. The molecule has 25 heavy (non-hydrogen) atoms. The molecule has 1 unspecified atom stereocenters. The fraction of sp³-hybridized carbons (Fsp3) is 0.364. The second-order valence-corrected chi connectivity index (χ2v) is 7.72. The molecule has 0 spiro atoms. The van der Waals surface area contributed by atoms with Gasteiger partial charge in [0.05, 0.1) is 0 Å². The molecule has 1 aliphatic rings. The standard InChI is InChI=1S/C22H25NO2/c1-14(23)7-6-12-22(2,3)15-10-11-18-19(13-15)21(25)17-9-5-4-8-16(17)20(18)24/h4-5,8-11,13-14H,6-7,12,23H2,1-3H3. The molecular weight excluding hydrogens is 310 g/mol. The van der Waals surface area contributed by atoms with Crippen molar-refractivity contribution in [3.63, 3.8) is 0 Å². The molecule has 1 atom stereocenters. The predicted octanol–water partition coefficient (Wildman–Crippen LogP) is 4.26. The van der Waals surface area contributed by atoms with Crippen molar-refractivity contribution in [1.82, 2.24) is 0 Å². The van der Waals surface area contributed by atoms with Crippen LogP contribution in [-0.2, 0) is 5.41 Å². The van der Waals surface area contributed by atoms with Crippen LogP contribution in [0.2, 0.25) is 0 Å². The van der Waals surface area contributed by atoms with Gasteiger partial charge in [0.25, 0.3) is 0 Å². The second kappa shape index (κ2) is 6.57. The summed E-state index contributed by atoms with van der Waals surface area (Å²) in [5.74, 6) is -0.120. The number of hydrogen-bond donors (Lipinski definition) is 1. The first-order valence-electron chi connectivity index (χ1n) is 8.90. The van der Waals surface area contributed by atoms with Crippen molar-refractivity contribution in [2.75, 3.05) is 0 Å². The van der Waals surface area contributed by atoms with Crippen LogP contribution in [0.25, 0.3) is 0 Å². The van der Waals surface area contributed by atoms with E-state index in [4.69, 9.17) is 5.73 Å². The average molecular weight is 335 g/mol. The van der Waals surface area contributed by atoms with Crippen molar-refractivity contribution in [2.45, 2.75) is 51.5 Å². The fourth-order valence-corrected chi connectivity index (χ4v) is 3.53. The minimum atomic E-state index is -0.0653. The highest BCUT2D eigenvalue weighted by Crippen LogP contribution is 2.34. The number of carbonyl (C=O) groups excluding carboxylic acids is 2. The van der Waals surface area contributed by atoms with Crippen LogP contribution in [-0.4, -0.2) is 17.6 Å². The second-order valence-electron chi connectivity index (χ2n) is 7.72. The Morgan fingerprint density at radius 1 is 0.920 bits per heavy atom. The number of rotatable bonds is 5. The zero-order valence-corrected chi connectivity index (χ0v) is 15.1. The summed E-state index contributed by atoms with van der Waals surface area (Å²) in [6, 6.07) is 13.0. The van der Waals surface area contributed by atoms with Gasteiger partial charge >= 0.3 is 0 Å². The minimum absolute atomic E-state index is 0.0570. The predicted molar refractivity (Wildman–Crippen MR) is 100 cm³/mol. The Kier molecular flexibility index (Phi) is 4.61. The van der Waals surface area contributed by atoms with Crippen molar-refractivity contribution in [3.8, 4) is 0 Å². The molecule has 0 fully saturated rings. The maximum atomic E-state index is 12.9. The summed E-state index contributed by atoms with van der Waals surface area (Å²) in [4.78, 5) is 25.6. The van der Waals surface area contributed by atoms with Gasteiger partial charge in [0.15, 0.2) is 11.6 Å². The van der Waals surface area contributed by atoms with Crippen LogP contribution in [0.3, 0.4) is 0 Å². The summed E-state index contributed by atoms with van der Waals surface area (Å²) >= 11 is 0. The molecule has 2 aromatic rings. The molecule has 0 saturated heterocycles. The molecule has 0 aromatic heterocycles. The smallest absolute Gasteiger partial charge is 0.194 e. The number of ketones is 2. The Hall–Kier alpha value is -2.26. The molecule has 0 amide bonds. The Morgan fingerprint density at radius 3 is 2.08 bits per heavy atom. The number of hydrogen-bond acceptors (Lipinski definition) is 3. The summed E-state index contributed by atoms with van der Waals surface area (Å²) in [6.45, 7) is 6.38.